The van der Waals surface area contributed by atoms with Crippen LogP contribution in [0.1, 0.15) is 53.4 Å². The maximum absolute atomic E-state index is 12.7. The summed E-state index contributed by atoms with van der Waals surface area (Å²) in [5.74, 6) is 1.38. The Labute approximate surface area is 149 Å². The Morgan fingerprint density at radius 3 is 2.88 bits per heavy atom. The lowest BCUT2D eigenvalue weighted by Gasteiger charge is -2.19. The van der Waals surface area contributed by atoms with Gasteiger partial charge in [0.1, 0.15) is 5.82 Å². The molecular formula is C21H25N3O. The minimum Gasteiger partial charge on any atom is -0.342 e. The molecule has 1 unspecified atom stereocenters. The summed E-state index contributed by atoms with van der Waals surface area (Å²) in [6, 6.07) is 8.53. The fraction of sp³-hybridized carbons (Fsp3) is 0.476. The van der Waals surface area contributed by atoms with Gasteiger partial charge >= 0.3 is 0 Å². The molecule has 1 aliphatic heterocycles. The number of carbonyl (C=O) groups excluding carboxylic acids is 1. The highest BCUT2D eigenvalue weighted by Crippen LogP contribution is 2.26. The van der Waals surface area contributed by atoms with E-state index in [1.54, 1.807) is 0 Å². The average Bonchev–Trinajstić information content (AvgIpc) is 3.12. The van der Waals surface area contributed by atoms with Crippen LogP contribution in [-0.4, -0.2) is 33.9 Å². The Hall–Kier alpha value is -2.23. The van der Waals surface area contributed by atoms with E-state index < -0.39 is 0 Å². The first kappa shape index (κ1) is 16.2. The number of fused-ring (bicyclic) bond motifs is 1. The highest BCUT2D eigenvalue weighted by atomic mass is 16.2. The van der Waals surface area contributed by atoms with Crippen molar-refractivity contribution >= 4 is 5.91 Å². The zero-order valence-electron chi connectivity index (χ0n) is 14.9. The molecule has 1 atom stereocenters. The molecule has 0 N–H and O–H groups in total. The lowest BCUT2D eigenvalue weighted by Crippen LogP contribution is -2.30. The second-order valence-electron chi connectivity index (χ2n) is 7.37. The van der Waals surface area contributed by atoms with Gasteiger partial charge in [0.15, 0.2) is 0 Å². The topological polar surface area (TPSA) is 46.1 Å². The monoisotopic (exact) mass is 335 g/mol. The Morgan fingerprint density at radius 1 is 1.20 bits per heavy atom. The van der Waals surface area contributed by atoms with Gasteiger partial charge in [0, 0.05) is 30.9 Å². The molecule has 1 fully saturated rings. The van der Waals surface area contributed by atoms with Gasteiger partial charge in [0.2, 0.25) is 5.91 Å². The minimum absolute atomic E-state index is 0.228. The molecule has 0 saturated carbocycles. The van der Waals surface area contributed by atoms with Crippen molar-refractivity contribution < 1.29 is 4.79 Å². The van der Waals surface area contributed by atoms with Crippen LogP contribution >= 0.6 is 0 Å². The molecule has 1 aliphatic carbocycles. The smallest absolute Gasteiger partial charge is 0.227 e. The Bertz CT molecular complexity index is 786. The largest absolute Gasteiger partial charge is 0.342 e. The van der Waals surface area contributed by atoms with Gasteiger partial charge in [-0.05, 0) is 61.8 Å². The summed E-state index contributed by atoms with van der Waals surface area (Å²) >= 11 is 0. The van der Waals surface area contributed by atoms with Gasteiger partial charge in [-0.2, -0.15) is 0 Å². The first-order chi connectivity index (χ1) is 12.2. The summed E-state index contributed by atoms with van der Waals surface area (Å²) in [7, 11) is 0. The summed E-state index contributed by atoms with van der Waals surface area (Å²) in [5.41, 5.74) is 5.06. The van der Waals surface area contributed by atoms with Gasteiger partial charge in [-0.1, -0.05) is 18.2 Å². The SMILES string of the molecule is Cc1ccnc(C2CCN(C(=O)Cc3ccc4c(c3)CCCC4)C2)n1. The lowest BCUT2D eigenvalue weighted by atomic mass is 9.90. The van der Waals surface area contributed by atoms with Crippen LogP contribution in [-0.2, 0) is 24.1 Å². The van der Waals surface area contributed by atoms with E-state index in [1.165, 1.54) is 30.4 Å². The summed E-state index contributed by atoms with van der Waals surface area (Å²) in [4.78, 5) is 23.6. The predicted octanol–water partition coefficient (Wildman–Crippen LogP) is 3.22. The predicted molar refractivity (Wildman–Crippen MR) is 97.5 cm³/mol. The fourth-order valence-electron chi connectivity index (χ4n) is 4.05. The highest BCUT2D eigenvalue weighted by molar-refractivity contribution is 5.79. The fourth-order valence-corrected chi connectivity index (χ4v) is 4.05. The molecule has 1 amide bonds. The normalized spacial score (nSPS) is 19.7. The quantitative estimate of drug-likeness (QED) is 0.865. The average molecular weight is 335 g/mol. The number of benzene rings is 1. The number of rotatable bonds is 3. The number of carbonyl (C=O) groups is 1. The standard InChI is InChI=1S/C21H25N3O/c1-15-8-10-22-21(23-15)19-9-11-24(14-19)20(25)13-16-6-7-17-4-2-3-5-18(17)12-16/h6-8,10,12,19H,2-5,9,11,13-14H2,1H3. The van der Waals surface area contributed by atoms with Gasteiger partial charge in [-0.3, -0.25) is 4.79 Å². The number of hydrogen-bond donors (Lipinski definition) is 0. The molecule has 1 aromatic heterocycles. The van der Waals surface area contributed by atoms with E-state index in [2.05, 4.69) is 28.2 Å². The first-order valence-electron chi connectivity index (χ1n) is 9.37. The van der Waals surface area contributed by atoms with Gasteiger partial charge in [0.25, 0.3) is 0 Å². The summed E-state index contributed by atoms with van der Waals surface area (Å²) in [5, 5.41) is 0. The third kappa shape index (κ3) is 3.58. The first-order valence-corrected chi connectivity index (χ1v) is 9.37. The van der Waals surface area contributed by atoms with Crippen LogP contribution in [0.5, 0.6) is 0 Å². The summed E-state index contributed by atoms with van der Waals surface area (Å²) < 4.78 is 0. The van der Waals surface area contributed by atoms with Crippen LogP contribution < -0.4 is 0 Å². The van der Waals surface area contributed by atoms with Gasteiger partial charge in [0.05, 0.1) is 6.42 Å². The number of likely N-dealkylation sites (tertiary alicyclic amines) is 1. The maximum atomic E-state index is 12.7. The lowest BCUT2D eigenvalue weighted by molar-refractivity contribution is -0.129. The molecule has 2 heterocycles. The van der Waals surface area contributed by atoms with Crippen LogP contribution in [0.25, 0.3) is 0 Å². The molecule has 0 bridgehead atoms. The highest BCUT2D eigenvalue weighted by Gasteiger charge is 2.29. The molecule has 1 saturated heterocycles. The molecule has 130 valence electrons. The van der Waals surface area contributed by atoms with Crippen molar-refractivity contribution in [2.75, 3.05) is 13.1 Å². The van der Waals surface area contributed by atoms with E-state index in [4.69, 9.17) is 0 Å². The third-order valence-corrected chi connectivity index (χ3v) is 5.49. The number of aryl methyl sites for hydroxylation is 3. The van der Waals surface area contributed by atoms with Crippen LogP contribution in [0.4, 0.5) is 0 Å². The molecular weight excluding hydrogens is 310 g/mol. The van der Waals surface area contributed by atoms with Crippen LogP contribution in [0.2, 0.25) is 0 Å². The van der Waals surface area contributed by atoms with E-state index >= 15 is 0 Å². The van der Waals surface area contributed by atoms with E-state index in [0.717, 1.165) is 43.0 Å². The minimum atomic E-state index is 0.228. The Kier molecular flexibility index (Phi) is 4.51. The number of aromatic nitrogens is 2. The number of hydrogen-bond acceptors (Lipinski definition) is 3. The van der Waals surface area contributed by atoms with E-state index in [-0.39, 0.29) is 11.8 Å². The molecule has 25 heavy (non-hydrogen) atoms. The number of amides is 1. The van der Waals surface area contributed by atoms with Crippen molar-refractivity contribution in [3.63, 3.8) is 0 Å². The second kappa shape index (κ2) is 6.95. The molecule has 4 rings (SSSR count). The summed E-state index contributed by atoms with van der Waals surface area (Å²) in [6.07, 6.45) is 8.20. The molecule has 0 radical (unpaired) electrons. The maximum Gasteiger partial charge on any atom is 0.227 e. The van der Waals surface area contributed by atoms with E-state index in [1.807, 2.05) is 24.1 Å². The molecule has 1 aromatic carbocycles. The van der Waals surface area contributed by atoms with Crippen molar-refractivity contribution in [1.82, 2.24) is 14.9 Å². The van der Waals surface area contributed by atoms with E-state index in [9.17, 15) is 4.79 Å². The van der Waals surface area contributed by atoms with E-state index in [0.29, 0.717) is 6.42 Å². The molecule has 4 heteroatoms. The number of nitrogens with zero attached hydrogens (tertiary/aromatic N) is 3. The molecule has 2 aliphatic rings. The van der Waals surface area contributed by atoms with Gasteiger partial charge < -0.3 is 4.90 Å². The van der Waals surface area contributed by atoms with Crippen LogP contribution in [0.3, 0.4) is 0 Å². The van der Waals surface area contributed by atoms with Crippen molar-refractivity contribution in [2.24, 2.45) is 0 Å². The van der Waals surface area contributed by atoms with Crippen molar-refractivity contribution in [2.45, 2.75) is 51.4 Å². The van der Waals surface area contributed by atoms with Gasteiger partial charge in [-0.15, -0.1) is 0 Å². The van der Waals surface area contributed by atoms with Crippen molar-refractivity contribution in [1.29, 1.82) is 0 Å². The van der Waals surface area contributed by atoms with Crippen LogP contribution in [0.15, 0.2) is 30.5 Å². The second-order valence-corrected chi connectivity index (χ2v) is 7.37. The van der Waals surface area contributed by atoms with Gasteiger partial charge in [-0.25, -0.2) is 9.97 Å². The summed E-state index contributed by atoms with van der Waals surface area (Å²) in [6.45, 7) is 3.54. The van der Waals surface area contributed by atoms with Crippen molar-refractivity contribution in [3.05, 3.63) is 58.7 Å². The third-order valence-electron chi connectivity index (χ3n) is 5.49. The zero-order chi connectivity index (χ0) is 17.2. The Morgan fingerprint density at radius 2 is 2.04 bits per heavy atom. The molecule has 4 nitrogen and oxygen atoms in total. The molecule has 2 aromatic rings. The molecule has 0 spiro atoms. The zero-order valence-corrected chi connectivity index (χ0v) is 14.9. The van der Waals surface area contributed by atoms with Crippen molar-refractivity contribution in [3.8, 4) is 0 Å². The Balaban J connectivity index is 1.40. The van der Waals surface area contributed by atoms with Crippen LogP contribution in [0, 0.1) is 6.92 Å².